The maximum absolute atomic E-state index is 11.1. The highest BCUT2D eigenvalue weighted by Crippen LogP contribution is 2.27. The van der Waals surface area contributed by atoms with Gasteiger partial charge < -0.3 is 19.2 Å². The number of rotatable bonds is 9. The molecule has 5 heteroatoms. The Kier molecular flexibility index (Phi) is 6.75. The Bertz CT molecular complexity index is 1190. The van der Waals surface area contributed by atoms with Gasteiger partial charge in [-0.3, -0.25) is 4.79 Å². The van der Waals surface area contributed by atoms with Gasteiger partial charge in [-0.1, -0.05) is 36.4 Å². The zero-order chi connectivity index (χ0) is 22.3. The predicted octanol–water partition coefficient (Wildman–Crippen LogP) is 5.54. The fraction of sp³-hybridized carbons (Fsp3) is 0.222. The Labute approximate surface area is 188 Å². The number of amides is 1. The normalized spacial score (nSPS) is 10.8. The van der Waals surface area contributed by atoms with E-state index in [0.717, 1.165) is 28.0 Å². The second kappa shape index (κ2) is 10.1. The van der Waals surface area contributed by atoms with Crippen molar-refractivity contribution in [1.29, 1.82) is 0 Å². The topological polar surface area (TPSA) is 60.7 Å². The highest BCUT2D eigenvalue weighted by Gasteiger charge is 2.08. The fourth-order valence-corrected chi connectivity index (χ4v) is 3.66. The van der Waals surface area contributed by atoms with Crippen LogP contribution in [0.5, 0.6) is 11.5 Å². The van der Waals surface area contributed by atoms with Gasteiger partial charge in [0, 0.05) is 24.4 Å². The van der Waals surface area contributed by atoms with E-state index in [1.54, 1.807) is 6.26 Å². The smallest absolute Gasteiger partial charge is 0.216 e. The predicted molar refractivity (Wildman–Crippen MR) is 126 cm³/mol. The molecule has 1 N–H and O–H groups in total. The van der Waals surface area contributed by atoms with Crippen molar-refractivity contribution in [3.8, 4) is 22.6 Å². The molecule has 0 radical (unpaired) electrons. The number of nitrogens with one attached hydrogen (secondary N) is 1. The molecule has 3 aromatic carbocycles. The number of aryl methyl sites for hydroxylation is 1. The number of carbonyl (C=O) groups is 1. The Balaban J connectivity index is 1.30. The van der Waals surface area contributed by atoms with Gasteiger partial charge in [0.15, 0.2) is 0 Å². The van der Waals surface area contributed by atoms with Crippen molar-refractivity contribution >= 4 is 16.9 Å². The molecule has 32 heavy (non-hydrogen) atoms. The van der Waals surface area contributed by atoms with Gasteiger partial charge in [0.25, 0.3) is 0 Å². The lowest BCUT2D eigenvalue weighted by molar-refractivity contribution is -0.118. The highest BCUT2D eigenvalue weighted by molar-refractivity contribution is 5.82. The zero-order valence-corrected chi connectivity index (χ0v) is 18.4. The van der Waals surface area contributed by atoms with Crippen LogP contribution < -0.4 is 14.8 Å². The minimum absolute atomic E-state index is 0.0355. The van der Waals surface area contributed by atoms with E-state index in [1.165, 1.54) is 23.6 Å². The van der Waals surface area contributed by atoms with Crippen molar-refractivity contribution in [2.75, 3.05) is 19.8 Å². The summed E-state index contributed by atoms with van der Waals surface area (Å²) < 4.78 is 17.3. The number of benzene rings is 3. The molecule has 4 aromatic rings. The van der Waals surface area contributed by atoms with Crippen LogP contribution >= 0.6 is 0 Å². The largest absolute Gasteiger partial charge is 0.490 e. The Hall–Kier alpha value is -3.73. The minimum atomic E-state index is -0.0355. The third-order valence-corrected chi connectivity index (χ3v) is 5.32. The van der Waals surface area contributed by atoms with Gasteiger partial charge in [0.1, 0.15) is 30.3 Å². The molecular formula is C27H27NO4. The first-order chi connectivity index (χ1) is 15.6. The van der Waals surface area contributed by atoms with Crippen molar-refractivity contribution in [3.63, 3.8) is 0 Å². The maximum atomic E-state index is 11.1. The Morgan fingerprint density at radius 2 is 1.66 bits per heavy atom. The van der Waals surface area contributed by atoms with Crippen molar-refractivity contribution in [2.45, 2.75) is 20.3 Å². The molecule has 0 aliphatic carbocycles. The van der Waals surface area contributed by atoms with E-state index in [-0.39, 0.29) is 5.91 Å². The molecular weight excluding hydrogens is 402 g/mol. The lowest BCUT2D eigenvalue weighted by Crippen LogP contribution is -2.22. The number of ether oxygens (including phenoxy) is 2. The fourth-order valence-electron chi connectivity index (χ4n) is 3.66. The van der Waals surface area contributed by atoms with Crippen molar-refractivity contribution < 1.29 is 18.7 Å². The van der Waals surface area contributed by atoms with Crippen LogP contribution in [-0.2, 0) is 11.2 Å². The van der Waals surface area contributed by atoms with Crippen LogP contribution in [0.1, 0.15) is 18.1 Å². The monoisotopic (exact) mass is 429 g/mol. The molecule has 0 saturated carbocycles. The third kappa shape index (κ3) is 5.30. The van der Waals surface area contributed by atoms with Crippen LogP contribution in [0.4, 0.5) is 0 Å². The van der Waals surface area contributed by atoms with Crippen LogP contribution in [-0.4, -0.2) is 25.7 Å². The Morgan fingerprint density at radius 3 is 2.41 bits per heavy atom. The van der Waals surface area contributed by atoms with E-state index < -0.39 is 0 Å². The lowest BCUT2D eigenvalue weighted by Gasteiger charge is -2.10. The second-order valence-corrected chi connectivity index (χ2v) is 7.69. The molecule has 0 unspecified atom stereocenters. The van der Waals surface area contributed by atoms with Crippen LogP contribution in [0, 0.1) is 6.92 Å². The lowest BCUT2D eigenvalue weighted by atomic mass is 10.0. The van der Waals surface area contributed by atoms with Crippen LogP contribution in [0.15, 0.2) is 77.4 Å². The summed E-state index contributed by atoms with van der Waals surface area (Å²) in [7, 11) is 0. The maximum Gasteiger partial charge on any atom is 0.216 e. The first-order valence-corrected chi connectivity index (χ1v) is 10.8. The molecule has 4 rings (SSSR count). The molecule has 0 saturated heterocycles. The van der Waals surface area contributed by atoms with Gasteiger partial charge in [-0.25, -0.2) is 0 Å². The van der Waals surface area contributed by atoms with Gasteiger partial charge in [0.05, 0.1) is 6.26 Å². The molecule has 1 aromatic heterocycles. The van der Waals surface area contributed by atoms with Gasteiger partial charge in [-0.05, 0) is 60.4 Å². The van der Waals surface area contributed by atoms with E-state index in [4.69, 9.17) is 13.9 Å². The van der Waals surface area contributed by atoms with E-state index in [0.29, 0.717) is 26.2 Å². The molecule has 0 bridgehead atoms. The molecule has 0 aliphatic rings. The van der Waals surface area contributed by atoms with E-state index in [1.807, 2.05) is 36.4 Å². The van der Waals surface area contributed by atoms with Gasteiger partial charge in [0.2, 0.25) is 5.91 Å². The minimum Gasteiger partial charge on any atom is -0.490 e. The summed E-state index contributed by atoms with van der Waals surface area (Å²) >= 11 is 0. The molecule has 0 aliphatic heterocycles. The SMILES string of the molecule is CC(=O)NCCc1coc2ccc(OCCOc3ccc(-c4ccccc4C)cc3)cc12. The standard InChI is InChI=1S/C27H27NO4/c1-19-5-3-4-6-25(19)21-7-9-23(10-8-21)30-15-16-31-24-11-12-27-26(17-24)22(18-32-27)13-14-28-20(2)29/h3-12,17-18H,13-16H2,1-2H3,(H,28,29). The summed E-state index contributed by atoms with van der Waals surface area (Å²) in [5.41, 5.74) is 5.51. The molecule has 0 atom stereocenters. The van der Waals surface area contributed by atoms with Crippen LogP contribution in [0.3, 0.4) is 0 Å². The molecule has 5 nitrogen and oxygen atoms in total. The molecule has 0 fully saturated rings. The number of hydrogen-bond donors (Lipinski definition) is 1. The third-order valence-electron chi connectivity index (χ3n) is 5.32. The van der Waals surface area contributed by atoms with Gasteiger partial charge in [-0.15, -0.1) is 0 Å². The summed E-state index contributed by atoms with van der Waals surface area (Å²) in [5.74, 6) is 1.54. The summed E-state index contributed by atoms with van der Waals surface area (Å²) in [5, 5.41) is 3.81. The average Bonchev–Trinajstić information content (AvgIpc) is 3.20. The van der Waals surface area contributed by atoms with Crippen molar-refractivity contribution in [3.05, 3.63) is 84.1 Å². The second-order valence-electron chi connectivity index (χ2n) is 7.69. The van der Waals surface area contributed by atoms with E-state index >= 15 is 0 Å². The van der Waals surface area contributed by atoms with Crippen LogP contribution in [0.2, 0.25) is 0 Å². The first kappa shape index (κ1) is 21.5. The molecule has 164 valence electrons. The molecule has 1 amide bonds. The summed E-state index contributed by atoms with van der Waals surface area (Å²) in [6.07, 6.45) is 2.44. The van der Waals surface area contributed by atoms with Gasteiger partial charge >= 0.3 is 0 Å². The van der Waals surface area contributed by atoms with E-state index in [2.05, 4.69) is 42.6 Å². The average molecular weight is 430 g/mol. The molecule has 0 spiro atoms. The molecule has 1 heterocycles. The Morgan fingerprint density at radius 1 is 0.938 bits per heavy atom. The number of hydrogen-bond acceptors (Lipinski definition) is 4. The summed E-state index contributed by atoms with van der Waals surface area (Å²) in [4.78, 5) is 11.1. The number of furan rings is 1. The quantitative estimate of drug-likeness (QED) is 0.355. The number of fused-ring (bicyclic) bond motifs is 1. The first-order valence-electron chi connectivity index (χ1n) is 10.8. The van der Waals surface area contributed by atoms with Crippen molar-refractivity contribution in [1.82, 2.24) is 5.32 Å². The van der Waals surface area contributed by atoms with Gasteiger partial charge in [-0.2, -0.15) is 0 Å². The zero-order valence-electron chi connectivity index (χ0n) is 18.4. The van der Waals surface area contributed by atoms with Crippen LogP contribution in [0.25, 0.3) is 22.1 Å². The van der Waals surface area contributed by atoms with E-state index in [9.17, 15) is 4.79 Å². The number of carbonyl (C=O) groups excluding carboxylic acids is 1. The summed E-state index contributed by atoms with van der Waals surface area (Å²) in [6.45, 7) is 5.09. The van der Waals surface area contributed by atoms with Crippen molar-refractivity contribution in [2.24, 2.45) is 0 Å². The summed E-state index contributed by atoms with van der Waals surface area (Å²) in [6, 6.07) is 22.2. The highest BCUT2D eigenvalue weighted by atomic mass is 16.5.